The van der Waals surface area contributed by atoms with Gasteiger partial charge >= 0.3 is 0 Å². The van der Waals surface area contributed by atoms with Crippen LogP contribution in [0.4, 0.5) is 4.39 Å². The van der Waals surface area contributed by atoms with Crippen LogP contribution >= 0.6 is 0 Å². The van der Waals surface area contributed by atoms with E-state index in [0.29, 0.717) is 11.7 Å². The second-order valence-electron chi connectivity index (χ2n) is 5.13. The molecule has 1 aliphatic rings. The van der Waals surface area contributed by atoms with E-state index >= 15 is 0 Å². The molecule has 5 heteroatoms. The van der Waals surface area contributed by atoms with Gasteiger partial charge in [-0.2, -0.15) is 4.98 Å². The first-order chi connectivity index (χ1) is 9.21. The predicted molar refractivity (Wildman–Crippen MR) is 66.9 cm³/mol. The third-order valence-corrected chi connectivity index (χ3v) is 3.50. The molecule has 19 heavy (non-hydrogen) atoms. The largest absolute Gasteiger partial charge is 0.384 e. The first-order valence-corrected chi connectivity index (χ1v) is 6.28. The number of hydrogen-bond acceptors (Lipinski definition) is 4. The smallest absolute Gasteiger partial charge is 0.227 e. The van der Waals surface area contributed by atoms with Crippen LogP contribution in [0.1, 0.15) is 18.7 Å². The standard InChI is InChI=1S/C14H15FN2O2/c1-18-9-14(6-7-14)8-12-16-13(17-19-12)10-2-4-11(15)5-3-10/h2-5H,6-9H2,1H3. The van der Waals surface area contributed by atoms with Gasteiger partial charge in [-0.15, -0.1) is 0 Å². The van der Waals surface area contributed by atoms with Gasteiger partial charge in [0.1, 0.15) is 5.82 Å². The topological polar surface area (TPSA) is 48.2 Å². The maximum absolute atomic E-state index is 12.8. The van der Waals surface area contributed by atoms with E-state index in [-0.39, 0.29) is 11.2 Å². The molecule has 0 bridgehead atoms. The fourth-order valence-electron chi connectivity index (χ4n) is 2.22. The van der Waals surface area contributed by atoms with Crippen molar-refractivity contribution < 1.29 is 13.7 Å². The summed E-state index contributed by atoms with van der Waals surface area (Å²) in [6.07, 6.45) is 3.01. The molecule has 0 spiro atoms. The van der Waals surface area contributed by atoms with E-state index in [0.717, 1.165) is 31.4 Å². The van der Waals surface area contributed by atoms with Crippen LogP contribution in [0, 0.1) is 11.2 Å². The molecule has 1 aliphatic carbocycles. The number of ether oxygens (including phenoxy) is 1. The quantitative estimate of drug-likeness (QED) is 0.831. The second-order valence-corrected chi connectivity index (χ2v) is 5.13. The van der Waals surface area contributed by atoms with Gasteiger partial charge in [-0.05, 0) is 37.1 Å². The molecule has 0 saturated heterocycles. The van der Waals surface area contributed by atoms with Crippen LogP contribution in [-0.2, 0) is 11.2 Å². The summed E-state index contributed by atoms with van der Waals surface area (Å²) in [6.45, 7) is 0.723. The van der Waals surface area contributed by atoms with Gasteiger partial charge in [-0.1, -0.05) is 5.16 Å². The van der Waals surface area contributed by atoms with Crippen molar-refractivity contribution in [2.45, 2.75) is 19.3 Å². The highest BCUT2D eigenvalue weighted by Gasteiger charge is 2.44. The van der Waals surface area contributed by atoms with E-state index in [4.69, 9.17) is 9.26 Å². The fraction of sp³-hybridized carbons (Fsp3) is 0.429. The molecule has 100 valence electrons. The summed E-state index contributed by atoms with van der Waals surface area (Å²) in [4.78, 5) is 4.36. The summed E-state index contributed by atoms with van der Waals surface area (Å²) >= 11 is 0. The highest BCUT2D eigenvalue weighted by molar-refractivity contribution is 5.53. The molecule has 0 atom stereocenters. The third kappa shape index (κ3) is 2.66. The summed E-state index contributed by atoms with van der Waals surface area (Å²) in [5.74, 6) is 0.849. The Kier molecular flexibility index (Phi) is 3.06. The Morgan fingerprint density at radius 1 is 1.32 bits per heavy atom. The van der Waals surface area contributed by atoms with Crippen LogP contribution in [0.15, 0.2) is 28.8 Å². The van der Waals surface area contributed by atoms with Gasteiger partial charge in [0.15, 0.2) is 0 Å². The van der Waals surface area contributed by atoms with Crippen LogP contribution in [0.2, 0.25) is 0 Å². The molecule has 1 fully saturated rings. The molecule has 0 aliphatic heterocycles. The molecule has 0 amide bonds. The zero-order valence-electron chi connectivity index (χ0n) is 10.7. The first-order valence-electron chi connectivity index (χ1n) is 6.28. The van der Waals surface area contributed by atoms with Gasteiger partial charge in [0, 0.05) is 24.5 Å². The molecule has 2 aromatic rings. The van der Waals surface area contributed by atoms with Gasteiger partial charge < -0.3 is 9.26 Å². The van der Waals surface area contributed by atoms with Crippen molar-refractivity contribution >= 4 is 0 Å². The number of rotatable bonds is 5. The lowest BCUT2D eigenvalue weighted by Gasteiger charge is -2.09. The summed E-state index contributed by atoms with van der Waals surface area (Å²) in [6, 6.07) is 6.06. The van der Waals surface area contributed by atoms with Crippen molar-refractivity contribution in [3.63, 3.8) is 0 Å². The molecule has 1 aromatic carbocycles. The number of benzene rings is 1. The number of nitrogens with zero attached hydrogens (tertiary/aromatic N) is 2. The maximum Gasteiger partial charge on any atom is 0.227 e. The number of aromatic nitrogens is 2. The van der Waals surface area contributed by atoms with Gasteiger partial charge in [0.2, 0.25) is 11.7 Å². The number of methoxy groups -OCH3 is 1. The van der Waals surface area contributed by atoms with Crippen LogP contribution in [-0.4, -0.2) is 23.9 Å². The van der Waals surface area contributed by atoms with Gasteiger partial charge in [0.05, 0.1) is 6.61 Å². The van der Waals surface area contributed by atoms with Crippen molar-refractivity contribution in [3.05, 3.63) is 36.0 Å². The summed E-state index contributed by atoms with van der Waals surface area (Å²) in [5, 5.41) is 3.94. The van der Waals surface area contributed by atoms with Crippen molar-refractivity contribution in [1.29, 1.82) is 0 Å². The van der Waals surface area contributed by atoms with Crippen molar-refractivity contribution in [2.24, 2.45) is 5.41 Å². The monoisotopic (exact) mass is 262 g/mol. The number of hydrogen-bond donors (Lipinski definition) is 0. The van der Waals surface area contributed by atoms with Crippen LogP contribution in [0.3, 0.4) is 0 Å². The minimum atomic E-state index is -0.274. The molecule has 1 saturated carbocycles. The molecule has 0 N–H and O–H groups in total. The summed E-state index contributed by atoms with van der Waals surface area (Å²) < 4.78 is 23.3. The minimum Gasteiger partial charge on any atom is -0.384 e. The van der Waals surface area contributed by atoms with E-state index < -0.39 is 0 Å². The number of halogens is 1. The maximum atomic E-state index is 12.8. The van der Waals surface area contributed by atoms with Gasteiger partial charge in [-0.3, -0.25) is 0 Å². The van der Waals surface area contributed by atoms with E-state index in [1.807, 2.05) is 0 Å². The summed E-state index contributed by atoms with van der Waals surface area (Å²) in [5.41, 5.74) is 0.939. The predicted octanol–water partition coefficient (Wildman–Crippen LogP) is 2.84. The Bertz CT molecular complexity index is 561. The normalized spacial score (nSPS) is 16.5. The van der Waals surface area contributed by atoms with Crippen molar-refractivity contribution in [2.75, 3.05) is 13.7 Å². The molecule has 0 unspecified atom stereocenters. The highest BCUT2D eigenvalue weighted by atomic mass is 19.1. The molecule has 4 nitrogen and oxygen atoms in total. The second kappa shape index (κ2) is 4.74. The molecule has 0 radical (unpaired) electrons. The third-order valence-electron chi connectivity index (χ3n) is 3.50. The molecular formula is C14H15FN2O2. The zero-order chi connectivity index (χ0) is 13.3. The van der Waals surface area contributed by atoms with E-state index in [9.17, 15) is 4.39 Å². The van der Waals surface area contributed by atoms with Crippen LogP contribution in [0.25, 0.3) is 11.4 Å². The highest BCUT2D eigenvalue weighted by Crippen LogP contribution is 2.48. The minimum absolute atomic E-state index is 0.182. The average molecular weight is 262 g/mol. The Balaban J connectivity index is 1.74. The van der Waals surface area contributed by atoms with Crippen LogP contribution < -0.4 is 0 Å². The van der Waals surface area contributed by atoms with E-state index in [2.05, 4.69) is 10.1 Å². The molecule has 1 aromatic heterocycles. The van der Waals surface area contributed by atoms with E-state index in [1.54, 1.807) is 19.2 Å². The lowest BCUT2D eigenvalue weighted by molar-refractivity contribution is 0.135. The SMILES string of the molecule is COCC1(Cc2nc(-c3ccc(F)cc3)no2)CC1. The van der Waals surface area contributed by atoms with Crippen molar-refractivity contribution in [3.8, 4) is 11.4 Å². The lowest BCUT2D eigenvalue weighted by atomic mass is 10.0. The average Bonchev–Trinajstić information content (AvgIpc) is 2.99. The first kappa shape index (κ1) is 12.3. The Labute approximate surface area is 110 Å². The van der Waals surface area contributed by atoms with Crippen LogP contribution in [0.5, 0.6) is 0 Å². The zero-order valence-corrected chi connectivity index (χ0v) is 10.7. The molecular weight excluding hydrogens is 247 g/mol. The Hall–Kier alpha value is -1.75. The fourth-order valence-corrected chi connectivity index (χ4v) is 2.22. The van der Waals surface area contributed by atoms with Gasteiger partial charge in [0.25, 0.3) is 0 Å². The van der Waals surface area contributed by atoms with E-state index in [1.165, 1.54) is 12.1 Å². The summed E-state index contributed by atoms with van der Waals surface area (Å²) in [7, 11) is 1.71. The molecule has 1 heterocycles. The van der Waals surface area contributed by atoms with Crippen molar-refractivity contribution in [1.82, 2.24) is 10.1 Å². The lowest BCUT2D eigenvalue weighted by Crippen LogP contribution is -2.12. The Morgan fingerprint density at radius 3 is 2.68 bits per heavy atom. The molecule has 3 rings (SSSR count). The Morgan fingerprint density at radius 2 is 2.05 bits per heavy atom. The van der Waals surface area contributed by atoms with Gasteiger partial charge in [-0.25, -0.2) is 4.39 Å².